The Morgan fingerprint density at radius 1 is 0.875 bits per heavy atom. The molecule has 1 nitrogen and oxygen atoms in total. The first-order valence-electron chi connectivity index (χ1n) is 5.16. The van der Waals surface area contributed by atoms with Crippen LogP contribution in [0.5, 0.6) is 0 Å². The fourth-order valence-electron chi connectivity index (χ4n) is 1.99. The van der Waals surface area contributed by atoms with Crippen molar-refractivity contribution in [2.75, 3.05) is 5.73 Å². The molecular formula is C14H11NS. The predicted octanol–water partition coefficient (Wildman–Crippen LogP) is 4.15. The van der Waals surface area contributed by atoms with Gasteiger partial charge in [-0.05, 0) is 39.4 Å². The van der Waals surface area contributed by atoms with E-state index in [1.807, 2.05) is 12.1 Å². The number of nitrogens with two attached hydrogens (primary N) is 1. The van der Waals surface area contributed by atoms with Crippen LogP contribution in [0, 0.1) is 0 Å². The summed E-state index contributed by atoms with van der Waals surface area (Å²) in [5.41, 5.74) is 9.34. The highest BCUT2D eigenvalue weighted by Gasteiger charge is 2.05. The topological polar surface area (TPSA) is 26.0 Å². The third-order valence-electron chi connectivity index (χ3n) is 2.79. The van der Waals surface area contributed by atoms with E-state index in [-0.39, 0.29) is 0 Å². The van der Waals surface area contributed by atoms with Crippen LogP contribution in [0.4, 0.5) is 5.69 Å². The first-order chi connectivity index (χ1) is 7.86. The maximum absolute atomic E-state index is 5.98. The van der Waals surface area contributed by atoms with Crippen LogP contribution in [0.1, 0.15) is 0 Å². The largest absolute Gasteiger partial charge is 0.398 e. The molecule has 3 aromatic rings. The van der Waals surface area contributed by atoms with Crippen molar-refractivity contribution in [3.8, 4) is 11.1 Å². The summed E-state index contributed by atoms with van der Waals surface area (Å²) < 4.78 is 0. The number of hydrogen-bond donors (Lipinski definition) is 1. The van der Waals surface area contributed by atoms with Gasteiger partial charge in [0.1, 0.15) is 0 Å². The van der Waals surface area contributed by atoms with Gasteiger partial charge in [-0.25, -0.2) is 0 Å². The van der Waals surface area contributed by atoms with Crippen molar-refractivity contribution in [3.05, 3.63) is 53.2 Å². The molecule has 0 saturated carbocycles. The SMILES string of the molecule is Nc1ccc(-c2ccsc2)c2ccccc12. The van der Waals surface area contributed by atoms with E-state index in [0.717, 1.165) is 11.1 Å². The van der Waals surface area contributed by atoms with Crippen LogP contribution in [0.25, 0.3) is 21.9 Å². The van der Waals surface area contributed by atoms with Gasteiger partial charge in [0, 0.05) is 11.1 Å². The van der Waals surface area contributed by atoms with Crippen molar-refractivity contribution in [1.29, 1.82) is 0 Å². The monoisotopic (exact) mass is 225 g/mol. The number of hydrogen-bond acceptors (Lipinski definition) is 2. The maximum Gasteiger partial charge on any atom is 0.0394 e. The van der Waals surface area contributed by atoms with Crippen LogP contribution >= 0.6 is 11.3 Å². The molecule has 0 aliphatic rings. The van der Waals surface area contributed by atoms with Crippen molar-refractivity contribution >= 4 is 27.8 Å². The summed E-state index contributed by atoms with van der Waals surface area (Å²) in [6, 6.07) is 14.5. The lowest BCUT2D eigenvalue weighted by Crippen LogP contribution is -1.88. The third kappa shape index (κ3) is 1.39. The van der Waals surface area contributed by atoms with Crippen molar-refractivity contribution < 1.29 is 0 Å². The normalized spacial score (nSPS) is 10.8. The van der Waals surface area contributed by atoms with Gasteiger partial charge in [0.05, 0.1) is 0 Å². The second-order valence-electron chi connectivity index (χ2n) is 3.76. The average Bonchev–Trinajstić information content (AvgIpc) is 2.83. The molecule has 1 heterocycles. The van der Waals surface area contributed by atoms with E-state index in [1.54, 1.807) is 11.3 Å². The summed E-state index contributed by atoms with van der Waals surface area (Å²) >= 11 is 1.72. The molecule has 3 rings (SSSR count). The van der Waals surface area contributed by atoms with Crippen LogP contribution in [-0.4, -0.2) is 0 Å². The average molecular weight is 225 g/mol. The molecule has 2 N–H and O–H groups in total. The summed E-state index contributed by atoms with van der Waals surface area (Å²) in [4.78, 5) is 0. The number of benzene rings is 2. The minimum atomic E-state index is 0.842. The van der Waals surface area contributed by atoms with Gasteiger partial charge in [0.2, 0.25) is 0 Å². The maximum atomic E-state index is 5.98. The summed E-state index contributed by atoms with van der Waals surface area (Å²) in [6.45, 7) is 0. The Hall–Kier alpha value is -1.80. The van der Waals surface area contributed by atoms with E-state index >= 15 is 0 Å². The molecule has 0 spiro atoms. The molecular weight excluding hydrogens is 214 g/mol. The number of nitrogen functional groups attached to an aromatic ring is 1. The van der Waals surface area contributed by atoms with Crippen molar-refractivity contribution in [1.82, 2.24) is 0 Å². The molecule has 0 saturated heterocycles. The first-order valence-corrected chi connectivity index (χ1v) is 6.10. The summed E-state index contributed by atoms with van der Waals surface area (Å²) in [7, 11) is 0. The van der Waals surface area contributed by atoms with Gasteiger partial charge < -0.3 is 5.73 Å². The first kappa shape index (κ1) is 9.43. The minimum absolute atomic E-state index is 0.842. The highest BCUT2D eigenvalue weighted by Crippen LogP contribution is 2.32. The van der Waals surface area contributed by atoms with E-state index in [2.05, 4.69) is 41.1 Å². The lowest BCUT2D eigenvalue weighted by molar-refractivity contribution is 1.70. The quantitative estimate of drug-likeness (QED) is 0.618. The fourth-order valence-corrected chi connectivity index (χ4v) is 2.65. The highest BCUT2D eigenvalue weighted by atomic mass is 32.1. The van der Waals surface area contributed by atoms with Crippen LogP contribution in [0.15, 0.2) is 53.2 Å². The Labute approximate surface area is 98.2 Å². The van der Waals surface area contributed by atoms with E-state index in [0.29, 0.717) is 0 Å². The molecule has 0 radical (unpaired) electrons. The lowest BCUT2D eigenvalue weighted by atomic mass is 9.99. The zero-order valence-corrected chi connectivity index (χ0v) is 9.50. The van der Waals surface area contributed by atoms with Crippen molar-refractivity contribution in [3.63, 3.8) is 0 Å². The van der Waals surface area contributed by atoms with Gasteiger partial charge in [-0.1, -0.05) is 30.3 Å². The van der Waals surface area contributed by atoms with Crippen molar-refractivity contribution in [2.45, 2.75) is 0 Å². The summed E-state index contributed by atoms with van der Waals surface area (Å²) in [5.74, 6) is 0. The van der Waals surface area contributed by atoms with Gasteiger partial charge >= 0.3 is 0 Å². The van der Waals surface area contributed by atoms with Crippen LogP contribution in [0.2, 0.25) is 0 Å². The Morgan fingerprint density at radius 2 is 1.69 bits per heavy atom. The standard InChI is InChI=1S/C14H11NS/c15-14-6-5-11(10-7-8-16-9-10)12-3-1-2-4-13(12)14/h1-9H,15H2. The van der Waals surface area contributed by atoms with E-state index in [4.69, 9.17) is 5.73 Å². The zero-order valence-electron chi connectivity index (χ0n) is 8.68. The number of fused-ring (bicyclic) bond motifs is 1. The predicted molar refractivity (Wildman–Crippen MR) is 71.7 cm³/mol. The van der Waals surface area contributed by atoms with Gasteiger partial charge in [-0.15, -0.1) is 0 Å². The fraction of sp³-hybridized carbons (Fsp3) is 0. The molecule has 0 atom stereocenters. The van der Waals surface area contributed by atoms with E-state index in [1.165, 1.54) is 16.5 Å². The Morgan fingerprint density at radius 3 is 2.44 bits per heavy atom. The lowest BCUT2D eigenvalue weighted by Gasteiger charge is -2.07. The van der Waals surface area contributed by atoms with Crippen LogP contribution in [0.3, 0.4) is 0 Å². The van der Waals surface area contributed by atoms with E-state index in [9.17, 15) is 0 Å². The molecule has 16 heavy (non-hydrogen) atoms. The highest BCUT2D eigenvalue weighted by molar-refractivity contribution is 7.08. The summed E-state index contributed by atoms with van der Waals surface area (Å²) in [6.07, 6.45) is 0. The van der Waals surface area contributed by atoms with E-state index < -0.39 is 0 Å². The Balaban J connectivity index is 2.39. The number of anilines is 1. The molecule has 0 bridgehead atoms. The summed E-state index contributed by atoms with van der Waals surface area (Å²) in [5, 5.41) is 6.62. The molecule has 0 fully saturated rings. The second-order valence-corrected chi connectivity index (χ2v) is 4.54. The second kappa shape index (κ2) is 3.65. The minimum Gasteiger partial charge on any atom is -0.398 e. The molecule has 0 unspecified atom stereocenters. The number of rotatable bonds is 1. The van der Waals surface area contributed by atoms with Gasteiger partial charge in [0.15, 0.2) is 0 Å². The number of thiophene rings is 1. The molecule has 0 aliphatic carbocycles. The molecule has 2 aromatic carbocycles. The smallest absolute Gasteiger partial charge is 0.0394 e. The Bertz CT molecular complexity index is 626. The molecule has 2 heteroatoms. The Kier molecular flexibility index (Phi) is 2.15. The van der Waals surface area contributed by atoms with Crippen LogP contribution < -0.4 is 5.73 Å². The van der Waals surface area contributed by atoms with Gasteiger partial charge in [0.25, 0.3) is 0 Å². The molecule has 78 valence electrons. The third-order valence-corrected chi connectivity index (χ3v) is 3.47. The van der Waals surface area contributed by atoms with Crippen LogP contribution in [-0.2, 0) is 0 Å². The molecule has 1 aromatic heterocycles. The van der Waals surface area contributed by atoms with Crippen molar-refractivity contribution in [2.24, 2.45) is 0 Å². The zero-order chi connectivity index (χ0) is 11.0. The van der Waals surface area contributed by atoms with Gasteiger partial charge in [-0.3, -0.25) is 0 Å². The molecule has 0 amide bonds. The van der Waals surface area contributed by atoms with Gasteiger partial charge in [-0.2, -0.15) is 11.3 Å². The molecule has 0 aliphatic heterocycles.